The summed E-state index contributed by atoms with van der Waals surface area (Å²) in [4.78, 5) is 23.0. The molecule has 1 unspecified atom stereocenters. The molecule has 100 valence electrons. The first-order valence-electron chi connectivity index (χ1n) is 5.59. The minimum absolute atomic E-state index is 0.278. The Morgan fingerprint density at radius 3 is 2.18 bits per heavy atom. The fourth-order valence-electron chi connectivity index (χ4n) is 1.23. The van der Waals surface area contributed by atoms with E-state index in [4.69, 9.17) is 4.74 Å². The van der Waals surface area contributed by atoms with Crippen molar-refractivity contribution >= 4 is 24.8 Å². The molecule has 0 rings (SSSR count). The van der Waals surface area contributed by atoms with Gasteiger partial charge in [-0.25, -0.2) is 4.79 Å². The maximum absolute atomic E-state index is 11.5. The molecular formula is C11H22N2O3S. The second-order valence-corrected chi connectivity index (χ2v) is 5.53. The summed E-state index contributed by atoms with van der Waals surface area (Å²) >= 11 is 3.69. The van der Waals surface area contributed by atoms with Crippen LogP contribution in [0.15, 0.2) is 0 Å². The summed E-state index contributed by atoms with van der Waals surface area (Å²) in [5.41, 5.74) is -0.579. The third-order valence-electron chi connectivity index (χ3n) is 1.82. The first-order valence-corrected chi connectivity index (χ1v) is 6.04. The van der Waals surface area contributed by atoms with E-state index >= 15 is 0 Å². The quantitative estimate of drug-likeness (QED) is 0.678. The minimum Gasteiger partial charge on any atom is -0.444 e. The Labute approximate surface area is 108 Å². The molecule has 0 heterocycles. The average Bonchev–Trinajstić information content (AvgIpc) is 2.11. The van der Waals surface area contributed by atoms with Crippen molar-refractivity contribution in [2.24, 2.45) is 5.92 Å². The number of alkyl carbamates (subject to hydrolysis) is 1. The summed E-state index contributed by atoms with van der Waals surface area (Å²) in [6.07, 6.45) is -0.0638. The lowest BCUT2D eigenvalue weighted by Crippen LogP contribution is -2.47. The van der Waals surface area contributed by atoms with Gasteiger partial charge in [0.1, 0.15) is 11.6 Å². The number of carbonyl (C=O) groups excluding carboxylic acids is 2. The van der Waals surface area contributed by atoms with Gasteiger partial charge in [0.05, 0.1) is 0 Å². The summed E-state index contributed by atoms with van der Waals surface area (Å²) < 4.78 is 7.31. The van der Waals surface area contributed by atoms with Crippen molar-refractivity contribution < 1.29 is 14.3 Å². The maximum Gasteiger partial charge on any atom is 0.408 e. The largest absolute Gasteiger partial charge is 0.444 e. The summed E-state index contributed by atoms with van der Waals surface area (Å²) in [5.74, 6) is -0.0616. The van der Waals surface area contributed by atoms with Crippen LogP contribution in [0.25, 0.3) is 0 Å². The summed E-state index contributed by atoms with van der Waals surface area (Å²) in [6.45, 7) is 9.24. The molecule has 1 atom stereocenters. The van der Waals surface area contributed by atoms with Gasteiger partial charge in [0.25, 0.3) is 5.91 Å². The van der Waals surface area contributed by atoms with Gasteiger partial charge in [0, 0.05) is 0 Å². The Bertz CT molecular complexity index is 274. The topological polar surface area (TPSA) is 67.4 Å². The van der Waals surface area contributed by atoms with E-state index in [2.05, 4.69) is 22.9 Å². The van der Waals surface area contributed by atoms with Crippen molar-refractivity contribution in [2.45, 2.75) is 52.7 Å². The Kier molecular flexibility index (Phi) is 6.37. The van der Waals surface area contributed by atoms with Crippen LogP contribution in [0.3, 0.4) is 0 Å². The normalized spacial score (nSPS) is 13.1. The number of hydrogen-bond acceptors (Lipinski definition) is 4. The van der Waals surface area contributed by atoms with E-state index in [1.165, 1.54) is 0 Å². The molecule has 0 fully saturated rings. The monoisotopic (exact) mass is 262 g/mol. The van der Waals surface area contributed by atoms with E-state index in [1.54, 1.807) is 20.8 Å². The fourth-order valence-corrected chi connectivity index (χ4v) is 1.39. The summed E-state index contributed by atoms with van der Waals surface area (Å²) in [7, 11) is 0. The Balaban J connectivity index is 4.43. The predicted molar refractivity (Wildman–Crippen MR) is 69.7 cm³/mol. The third-order valence-corrected chi connectivity index (χ3v) is 2.05. The molecule has 0 spiro atoms. The standard InChI is InChI=1S/C11H22N2O3S/c1-7(2)6-8(9(14)13-17)12-10(15)16-11(3,4)5/h7-8,17H,6H2,1-5H3,(H,12,15)(H,13,14). The molecule has 0 radical (unpaired) electrons. The van der Waals surface area contributed by atoms with Crippen molar-refractivity contribution in [1.82, 2.24) is 10.0 Å². The highest BCUT2D eigenvalue weighted by Crippen LogP contribution is 2.09. The van der Waals surface area contributed by atoms with Crippen molar-refractivity contribution in [3.05, 3.63) is 0 Å². The molecule has 0 aliphatic carbocycles. The number of nitrogens with one attached hydrogen (secondary N) is 2. The van der Waals surface area contributed by atoms with Gasteiger partial charge >= 0.3 is 6.09 Å². The highest BCUT2D eigenvalue weighted by Gasteiger charge is 2.24. The van der Waals surface area contributed by atoms with E-state index < -0.39 is 17.7 Å². The first kappa shape index (κ1) is 16.1. The van der Waals surface area contributed by atoms with Crippen LogP contribution in [-0.2, 0) is 9.53 Å². The molecule has 0 aromatic carbocycles. The van der Waals surface area contributed by atoms with Gasteiger partial charge in [-0.2, -0.15) is 0 Å². The van der Waals surface area contributed by atoms with Gasteiger partial charge in [-0.15, -0.1) is 0 Å². The van der Waals surface area contributed by atoms with Crippen molar-refractivity contribution in [3.8, 4) is 0 Å². The van der Waals surface area contributed by atoms with Gasteiger partial charge in [0.15, 0.2) is 0 Å². The van der Waals surface area contributed by atoms with Crippen molar-refractivity contribution in [2.75, 3.05) is 0 Å². The Morgan fingerprint density at radius 2 is 1.82 bits per heavy atom. The van der Waals surface area contributed by atoms with Gasteiger partial charge in [-0.3, -0.25) is 4.79 Å². The van der Waals surface area contributed by atoms with Crippen LogP contribution in [0.5, 0.6) is 0 Å². The second kappa shape index (κ2) is 6.74. The predicted octanol–water partition coefficient (Wildman–Crippen LogP) is 1.89. The molecular weight excluding hydrogens is 240 g/mol. The van der Waals surface area contributed by atoms with Crippen LogP contribution < -0.4 is 10.0 Å². The molecule has 0 aromatic rings. The molecule has 17 heavy (non-hydrogen) atoms. The lowest BCUT2D eigenvalue weighted by atomic mass is 10.0. The van der Waals surface area contributed by atoms with Crippen LogP contribution >= 0.6 is 12.8 Å². The molecule has 6 heteroatoms. The zero-order chi connectivity index (χ0) is 13.6. The third kappa shape index (κ3) is 7.90. The van der Waals surface area contributed by atoms with E-state index in [0.29, 0.717) is 6.42 Å². The molecule has 5 nitrogen and oxygen atoms in total. The zero-order valence-corrected chi connectivity index (χ0v) is 11.9. The van der Waals surface area contributed by atoms with Gasteiger partial charge in [0.2, 0.25) is 0 Å². The number of ether oxygens (including phenoxy) is 1. The molecule has 0 aromatic heterocycles. The number of carbonyl (C=O) groups is 2. The molecule has 0 aliphatic heterocycles. The van der Waals surface area contributed by atoms with Gasteiger partial charge < -0.3 is 14.8 Å². The smallest absolute Gasteiger partial charge is 0.408 e. The lowest BCUT2D eigenvalue weighted by molar-refractivity contribution is -0.121. The highest BCUT2D eigenvalue weighted by molar-refractivity contribution is 7.78. The van der Waals surface area contributed by atoms with E-state index in [1.807, 2.05) is 13.8 Å². The molecule has 2 N–H and O–H groups in total. The minimum atomic E-state index is -0.623. The Hall–Kier alpha value is -0.910. The number of hydrogen-bond donors (Lipinski definition) is 3. The van der Waals surface area contributed by atoms with E-state index in [9.17, 15) is 9.59 Å². The van der Waals surface area contributed by atoms with Crippen LogP contribution in [-0.4, -0.2) is 23.6 Å². The van der Waals surface area contributed by atoms with Gasteiger partial charge in [-0.1, -0.05) is 26.7 Å². The molecule has 2 amide bonds. The number of rotatable bonds is 4. The van der Waals surface area contributed by atoms with E-state index in [-0.39, 0.29) is 11.8 Å². The van der Waals surface area contributed by atoms with Crippen LogP contribution in [0.1, 0.15) is 41.0 Å². The van der Waals surface area contributed by atoms with Crippen LogP contribution in [0, 0.1) is 5.92 Å². The Morgan fingerprint density at radius 1 is 1.29 bits per heavy atom. The fraction of sp³-hybridized carbons (Fsp3) is 0.818. The van der Waals surface area contributed by atoms with Crippen LogP contribution in [0.4, 0.5) is 4.79 Å². The number of thiol groups is 1. The molecule has 0 saturated carbocycles. The summed E-state index contributed by atoms with van der Waals surface area (Å²) in [6, 6.07) is -0.623. The van der Waals surface area contributed by atoms with Crippen LogP contribution in [0.2, 0.25) is 0 Å². The molecule has 0 bridgehead atoms. The second-order valence-electron chi connectivity index (χ2n) is 5.30. The van der Waals surface area contributed by atoms with Crippen molar-refractivity contribution in [3.63, 3.8) is 0 Å². The maximum atomic E-state index is 11.5. The van der Waals surface area contributed by atoms with E-state index in [0.717, 1.165) is 0 Å². The average molecular weight is 262 g/mol. The van der Waals surface area contributed by atoms with Crippen molar-refractivity contribution in [1.29, 1.82) is 0 Å². The first-order chi connectivity index (χ1) is 7.65. The number of amides is 2. The summed E-state index contributed by atoms with van der Waals surface area (Å²) in [5, 5.41) is 2.53. The molecule has 0 saturated heterocycles. The zero-order valence-electron chi connectivity index (χ0n) is 11.0. The SMILES string of the molecule is CC(C)CC(NC(=O)OC(C)(C)C)C(=O)NS. The molecule has 0 aliphatic rings. The highest BCUT2D eigenvalue weighted by atomic mass is 32.1. The lowest BCUT2D eigenvalue weighted by Gasteiger charge is -2.23. The van der Waals surface area contributed by atoms with Gasteiger partial charge in [-0.05, 0) is 33.1 Å².